The lowest BCUT2D eigenvalue weighted by Gasteiger charge is -2.18. The Bertz CT molecular complexity index is 60.0. The van der Waals surface area contributed by atoms with Crippen LogP contribution in [0.4, 0.5) is 0 Å². The van der Waals surface area contributed by atoms with Crippen LogP contribution in [0.2, 0.25) is 6.55 Å². The van der Waals surface area contributed by atoms with Crippen molar-refractivity contribution in [1.29, 1.82) is 0 Å². The lowest BCUT2D eigenvalue weighted by molar-refractivity contribution is 0.132. The van der Waals surface area contributed by atoms with Gasteiger partial charge in [-0.3, -0.25) is 0 Å². The molecule has 0 saturated heterocycles. The van der Waals surface area contributed by atoms with Gasteiger partial charge in [-0.1, -0.05) is 0 Å². The molecule has 0 aliphatic carbocycles. The van der Waals surface area contributed by atoms with Crippen LogP contribution >= 0.6 is 0 Å². The highest BCUT2D eigenvalue weighted by Crippen LogP contribution is 2.02. The standard InChI is InChI=1S/C4H12O3Si.H3N.H2O/c1-5-8(4,6-2)7-3;;/h1-4H3;1H3;1H2. The molecule has 0 spiro atoms. The molecule has 0 aliphatic rings. The molecule has 10 heavy (non-hydrogen) atoms. The van der Waals surface area contributed by atoms with E-state index in [4.69, 9.17) is 13.3 Å². The Kier molecular flexibility index (Phi) is 11.8. The predicted octanol–water partition coefficient (Wildman–Crippen LogP) is -0.168. The summed E-state index contributed by atoms with van der Waals surface area (Å²) in [7, 11) is 2.58. The zero-order valence-electron chi connectivity index (χ0n) is 6.93. The first-order valence-electron chi connectivity index (χ1n) is 2.34. The second-order valence-electron chi connectivity index (χ2n) is 1.47. The summed E-state index contributed by atoms with van der Waals surface area (Å²) in [6.45, 7) is 1.83. The molecule has 0 saturated carbocycles. The van der Waals surface area contributed by atoms with Gasteiger partial charge in [0.05, 0.1) is 0 Å². The largest absolute Gasteiger partial charge is 0.496 e. The Morgan fingerprint density at radius 2 is 1.10 bits per heavy atom. The van der Waals surface area contributed by atoms with Gasteiger partial charge in [-0.25, -0.2) is 0 Å². The quantitative estimate of drug-likeness (QED) is 0.596. The summed E-state index contributed by atoms with van der Waals surface area (Å²) >= 11 is 0. The van der Waals surface area contributed by atoms with E-state index in [9.17, 15) is 0 Å². The van der Waals surface area contributed by atoms with E-state index in [0.717, 1.165) is 0 Å². The molecule has 0 fully saturated rings. The maximum absolute atomic E-state index is 4.93. The topological polar surface area (TPSA) is 94.2 Å². The molecule has 0 aromatic carbocycles. The summed E-state index contributed by atoms with van der Waals surface area (Å²) in [5.41, 5.74) is 0. The van der Waals surface area contributed by atoms with Crippen LogP contribution in [0.5, 0.6) is 0 Å². The lowest BCUT2D eigenvalue weighted by Crippen LogP contribution is -2.38. The van der Waals surface area contributed by atoms with Gasteiger partial charge in [-0.05, 0) is 0 Å². The summed E-state index contributed by atoms with van der Waals surface area (Å²) in [6.07, 6.45) is 0. The van der Waals surface area contributed by atoms with Gasteiger partial charge in [0.2, 0.25) is 0 Å². The molecule has 0 bridgehead atoms. The molecule has 0 aliphatic heterocycles. The minimum absolute atomic E-state index is 0. The summed E-state index contributed by atoms with van der Waals surface area (Å²) in [4.78, 5) is 0. The smallest absolute Gasteiger partial charge is 0.412 e. The van der Waals surface area contributed by atoms with Gasteiger partial charge in [-0.2, -0.15) is 0 Å². The van der Waals surface area contributed by atoms with E-state index >= 15 is 0 Å². The second-order valence-corrected chi connectivity index (χ2v) is 4.42. The average Bonchev–Trinajstić information content (AvgIpc) is 1.87. The van der Waals surface area contributed by atoms with Gasteiger partial charge in [-0.15, -0.1) is 0 Å². The van der Waals surface area contributed by atoms with Crippen LogP contribution in [0.15, 0.2) is 0 Å². The van der Waals surface area contributed by atoms with E-state index in [2.05, 4.69) is 0 Å². The van der Waals surface area contributed by atoms with E-state index in [0.29, 0.717) is 0 Å². The summed E-state index contributed by atoms with van der Waals surface area (Å²) in [5, 5.41) is 0. The van der Waals surface area contributed by atoms with Gasteiger partial charge in [0, 0.05) is 27.9 Å². The highest BCUT2D eigenvalue weighted by atomic mass is 28.4. The average molecular weight is 171 g/mol. The fourth-order valence-corrected chi connectivity index (χ4v) is 0.750. The first kappa shape index (κ1) is 16.5. The molecule has 5 N–H and O–H groups in total. The van der Waals surface area contributed by atoms with E-state index in [-0.39, 0.29) is 11.6 Å². The van der Waals surface area contributed by atoms with E-state index < -0.39 is 8.80 Å². The van der Waals surface area contributed by atoms with Crippen molar-refractivity contribution in [2.45, 2.75) is 6.55 Å². The van der Waals surface area contributed by atoms with Crippen molar-refractivity contribution >= 4 is 8.80 Å². The normalized spacial score (nSPS) is 9.60. The molecule has 0 aromatic rings. The van der Waals surface area contributed by atoms with Crippen molar-refractivity contribution in [2.24, 2.45) is 0 Å². The zero-order valence-corrected chi connectivity index (χ0v) is 7.93. The number of hydrogen-bond donors (Lipinski definition) is 1. The Morgan fingerprint density at radius 3 is 1.10 bits per heavy atom. The highest BCUT2D eigenvalue weighted by molar-refractivity contribution is 6.58. The van der Waals surface area contributed by atoms with E-state index in [1.54, 1.807) is 21.3 Å². The van der Waals surface area contributed by atoms with Crippen molar-refractivity contribution in [3.05, 3.63) is 0 Å². The number of hydrogen-bond acceptors (Lipinski definition) is 4. The van der Waals surface area contributed by atoms with Crippen molar-refractivity contribution in [3.63, 3.8) is 0 Å². The van der Waals surface area contributed by atoms with Crippen LogP contribution in [-0.4, -0.2) is 35.6 Å². The third-order valence-corrected chi connectivity index (χ3v) is 3.34. The molecule has 5 nitrogen and oxygen atoms in total. The molecule has 0 atom stereocenters. The number of rotatable bonds is 3. The Hall–Kier alpha value is 0.0169. The molecule has 0 amide bonds. The summed E-state index contributed by atoms with van der Waals surface area (Å²) in [5.74, 6) is 0. The van der Waals surface area contributed by atoms with Gasteiger partial charge in [0.1, 0.15) is 0 Å². The maximum atomic E-state index is 4.93. The third kappa shape index (κ3) is 4.85. The monoisotopic (exact) mass is 171 g/mol. The molecule has 0 aromatic heterocycles. The molecule has 0 rings (SSSR count). The lowest BCUT2D eigenvalue weighted by atomic mass is 11.8. The SMILES string of the molecule is CO[Si](C)(OC)OC.N.O. The fraction of sp³-hybridized carbons (Fsp3) is 1.00. The van der Waals surface area contributed by atoms with Crippen molar-refractivity contribution in [2.75, 3.05) is 21.3 Å². The van der Waals surface area contributed by atoms with E-state index in [1.165, 1.54) is 0 Å². The van der Waals surface area contributed by atoms with Gasteiger partial charge < -0.3 is 24.9 Å². The fourth-order valence-electron chi connectivity index (χ4n) is 0.250. The summed E-state index contributed by atoms with van der Waals surface area (Å²) in [6, 6.07) is 0. The van der Waals surface area contributed by atoms with Crippen LogP contribution in [-0.2, 0) is 13.3 Å². The first-order valence-corrected chi connectivity index (χ1v) is 4.56. The van der Waals surface area contributed by atoms with Crippen molar-refractivity contribution < 1.29 is 18.8 Å². The van der Waals surface area contributed by atoms with Crippen LogP contribution in [0.1, 0.15) is 0 Å². The predicted molar refractivity (Wildman–Crippen MR) is 41.3 cm³/mol. The minimum Gasteiger partial charge on any atom is -0.412 e. The molecular weight excluding hydrogens is 154 g/mol. The molecule has 0 radical (unpaired) electrons. The third-order valence-electron chi connectivity index (χ3n) is 1.11. The zero-order chi connectivity index (χ0) is 6.62. The Balaban J connectivity index is -0.000000245. The second kappa shape index (κ2) is 7.13. The maximum Gasteiger partial charge on any atom is 0.496 e. The molecular formula is C4H17NO4Si. The van der Waals surface area contributed by atoms with Gasteiger partial charge >= 0.3 is 8.80 Å². The van der Waals surface area contributed by atoms with E-state index in [1.807, 2.05) is 6.55 Å². The van der Waals surface area contributed by atoms with Crippen LogP contribution in [0.3, 0.4) is 0 Å². The molecule has 6 heteroatoms. The molecule has 0 unspecified atom stereocenters. The van der Waals surface area contributed by atoms with Crippen molar-refractivity contribution in [1.82, 2.24) is 6.15 Å². The highest BCUT2D eigenvalue weighted by Gasteiger charge is 2.29. The minimum atomic E-state index is -2.17. The van der Waals surface area contributed by atoms with Crippen LogP contribution < -0.4 is 6.15 Å². The molecule has 66 valence electrons. The van der Waals surface area contributed by atoms with Gasteiger partial charge in [0.25, 0.3) is 0 Å². The summed E-state index contributed by atoms with van der Waals surface area (Å²) < 4.78 is 14.8. The van der Waals surface area contributed by atoms with Crippen LogP contribution in [0, 0.1) is 0 Å². The van der Waals surface area contributed by atoms with Crippen LogP contribution in [0.25, 0.3) is 0 Å². The first-order chi connectivity index (χ1) is 3.68. The Labute approximate surface area is 62.5 Å². The van der Waals surface area contributed by atoms with Gasteiger partial charge in [0.15, 0.2) is 0 Å². The molecule has 0 heterocycles. The Morgan fingerprint density at radius 1 is 0.900 bits per heavy atom. The van der Waals surface area contributed by atoms with Crippen molar-refractivity contribution in [3.8, 4) is 0 Å².